The predicted molar refractivity (Wildman–Crippen MR) is 72.7 cm³/mol. The molecular formula is C12H18N6O. The van der Waals surface area contributed by atoms with Gasteiger partial charge in [0.25, 0.3) is 5.56 Å². The topological polar surface area (TPSA) is 126 Å². The quantitative estimate of drug-likeness (QED) is 0.625. The number of H-pyrrole nitrogens is 2. The minimum Gasteiger partial charge on any atom is -0.369 e. The molecule has 1 saturated carbocycles. The van der Waals surface area contributed by atoms with Crippen LogP contribution in [0.2, 0.25) is 0 Å². The number of nitrogens with two attached hydrogens (primary N) is 2. The zero-order chi connectivity index (χ0) is 13.4. The summed E-state index contributed by atoms with van der Waals surface area (Å²) in [5.41, 5.74) is 11.7. The molecule has 0 aliphatic heterocycles. The Kier molecular flexibility index (Phi) is 2.98. The lowest BCUT2D eigenvalue weighted by molar-refractivity contribution is 0.326. The average Bonchev–Trinajstić information content (AvgIpc) is 2.83. The fraction of sp³-hybridized carbons (Fsp3) is 0.583. The first-order chi connectivity index (χ1) is 9.17. The minimum absolute atomic E-state index is 0.0994. The normalized spacial score (nSPS) is 23.8. The Labute approximate surface area is 109 Å². The van der Waals surface area contributed by atoms with Gasteiger partial charge in [0.1, 0.15) is 5.82 Å². The van der Waals surface area contributed by atoms with E-state index in [1.165, 1.54) is 0 Å². The number of imidazole rings is 1. The van der Waals surface area contributed by atoms with Crippen molar-refractivity contribution in [2.24, 2.45) is 11.7 Å². The summed E-state index contributed by atoms with van der Waals surface area (Å²) in [5, 5.41) is 0. The summed E-state index contributed by atoms with van der Waals surface area (Å²) in [6.45, 7) is 0.755. The fourth-order valence-corrected chi connectivity index (χ4v) is 2.81. The molecule has 0 aromatic carbocycles. The smallest absolute Gasteiger partial charge is 0.278 e. The molecule has 1 aliphatic carbocycles. The Bertz CT molecular complexity index is 637. The first-order valence-corrected chi connectivity index (χ1v) is 6.63. The van der Waals surface area contributed by atoms with Gasteiger partial charge in [-0.3, -0.25) is 9.78 Å². The van der Waals surface area contributed by atoms with Gasteiger partial charge in [-0.05, 0) is 38.1 Å². The van der Waals surface area contributed by atoms with Crippen LogP contribution in [0, 0.1) is 5.92 Å². The molecular weight excluding hydrogens is 244 g/mol. The van der Waals surface area contributed by atoms with Crippen molar-refractivity contribution in [2.45, 2.75) is 31.6 Å². The largest absolute Gasteiger partial charge is 0.369 e. The molecule has 2 aromatic rings. The van der Waals surface area contributed by atoms with E-state index in [-0.39, 0.29) is 11.5 Å². The molecule has 19 heavy (non-hydrogen) atoms. The van der Waals surface area contributed by atoms with E-state index in [1.54, 1.807) is 0 Å². The number of anilines is 1. The van der Waals surface area contributed by atoms with E-state index in [0.717, 1.165) is 38.1 Å². The second-order valence-electron chi connectivity index (χ2n) is 5.23. The number of nitrogens with zero attached hydrogens (tertiary/aromatic N) is 2. The van der Waals surface area contributed by atoms with Gasteiger partial charge in [-0.25, -0.2) is 4.98 Å². The van der Waals surface area contributed by atoms with Crippen molar-refractivity contribution in [1.82, 2.24) is 19.9 Å². The van der Waals surface area contributed by atoms with E-state index in [4.69, 9.17) is 11.5 Å². The summed E-state index contributed by atoms with van der Waals surface area (Å²) >= 11 is 0. The van der Waals surface area contributed by atoms with Gasteiger partial charge < -0.3 is 16.5 Å². The molecule has 2 aromatic heterocycles. The van der Waals surface area contributed by atoms with Crippen molar-refractivity contribution >= 4 is 17.1 Å². The van der Waals surface area contributed by atoms with Gasteiger partial charge in [-0.15, -0.1) is 0 Å². The van der Waals surface area contributed by atoms with E-state index in [9.17, 15) is 4.79 Å². The second-order valence-corrected chi connectivity index (χ2v) is 5.23. The predicted octanol–water partition coefficient (Wildman–Crippen LogP) is 0.461. The molecule has 0 radical (unpaired) electrons. The van der Waals surface area contributed by atoms with E-state index < -0.39 is 0 Å². The number of fused-ring (bicyclic) bond motifs is 1. The van der Waals surface area contributed by atoms with Gasteiger partial charge in [-0.1, -0.05) is 0 Å². The van der Waals surface area contributed by atoms with Gasteiger partial charge in [0.05, 0.1) is 0 Å². The molecule has 0 spiro atoms. The highest BCUT2D eigenvalue weighted by molar-refractivity contribution is 5.70. The third-order valence-electron chi connectivity index (χ3n) is 3.96. The summed E-state index contributed by atoms with van der Waals surface area (Å²) in [7, 11) is 0. The molecule has 6 N–H and O–H groups in total. The van der Waals surface area contributed by atoms with E-state index in [1.807, 2.05) is 0 Å². The standard InChI is InChI=1S/C12H18N6O/c13-5-6-1-3-7(4-2-6)9-15-8-10(16-9)17-12(14)18-11(8)19/h6-7H,1-5,13H2,(H4,14,15,16,17,18,19). The van der Waals surface area contributed by atoms with Crippen molar-refractivity contribution in [3.63, 3.8) is 0 Å². The van der Waals surface area contributed by atoms with E-state index in [0.29, 0.717) is 23.0 Å². The number of nitrogens with one attached hydrogen (secondary N) is 2. The SMILES string of the molecule is NCC1CCC(c2nc3nc(N)[nH]c(=O)c3[nH]2)CC1. The fourth-order valence-electron chi connectivity index (χ4n) is 2.81. The molecule has 0 amide bonds. The molecule has 7 nitrogen and oxygen atoms in total. The van der Waals surface area contributed by atoms with Crippen LogP contribution in [0.3, 0.4) is 0 Å². The first-order valence-electron chi connectivity index (χ1n) is 6.63. The van der Waals surface area contributed by atoms with Gasteiger partial charge in [-0.2, -0.15) is 4.98 Å². The highest BCUT2D eigenvalue weighted by Crippen LogP contribution is 2.34. The molecule has 0 unspecified atom stereocenters. The van der Waals surface area contributed by atoms with Crippen LogP contribution >= 0.6 is 0 Å². The zero-order valence-electron chi connectivity index (χ0n) is 10.6. The molecule has 102 valence electrons. The summed E-state index contributed by atoms with van der Waals surface area (Å²) < 4.78 is 0. The summed E-state index contributed by atoms with van der Waals surface area (Å²) in [6.07, 6.45) is 4.33. The Balaban J connectivity index is 1.90. The molecule has 0 atom stereocenters. The molecule has 7 heteroatoms. The van der Waals surface area contributed by atoms with Crippen molar-refractivity contribution in [3.05, 3.63) is 16.2 Å². The maximum atomic E-state index is 11.7. The lowest BCUT2D eigenvalue weighted by atomic mass is 9.82. The Morgan fingerprint density at radius 2 is 1.89 bits per heavy atom. The number of aromatic amines is 2. The Morgan fingerprint density at radius 1 is 1.16 bits per heavy atom. The van der Waals surface area contributed by atoms with Crippen LogP contribution < -0.4 is 17.0 Å². The lowest BCUT2D eigenvalue weighted by Crippen LogP contribution is -2.21. The van der Waals surface area contributed by atoms with Gasteiger partial charge in [0.2, 0.25) is 5.95 Å². The molecule has 2 heterocycles. The Hall–Kier alpha value is -1.89. The minimum atomic E-state index is -0.267. The van der Waals surface area contributed by atoms with Crippen LogP contribution in [0.1, 0.15) is 37.4 Å². The van der Waals surface area contributed by atoms with Gasteiger partial charge in [0.15, 0.2) is 11.2 Å². The van der Waals surface area contributed by atoms with Crippen molar-refractivity contribution in [2.75, 3.05) is 12.3 Å². The highest BCUT2D eigenvalue weighted by atomic mass is 16.1. The lowest BCUT2D eigenvalue weighted by Gasteiger charge is -2.26. The third-order valence-corrected chi connectivity index (χ3v) is 3.96. The molecule has 1 fully saturated rings. The first kappa shape index (κ1) is 12.2. The number of aromatic nitrogens is 4. The summed E-state index contributed by atoms with van der Waals surface area (Å²) in [4.78, 5) is 25.7. The van der Waals surface area contributed by atoms with Crippen LogP contribution in [0.15, 0.2) is 4.79 Å². The number of hydrogen-bond donors (Lipinski definition) is 4. The average molecular weight is 262 g/mol. The van der Waals surface area contributed by atoms with Gasteiger partial charge >= 0.3 is 0 Å². The van der Waals surface area contributed by atoms with Crippen LogP contribution in [0.5, 0.6) is 0 Å². The van der Waals surface area contributed by atoms with Crippen LogP contribution in [-0.4, -0.2) is 26.5 Å². The maximum Gasteiger partial charge on any atom is 0.278 e. The Morgan fingerprint density at radius 3 is 2.58 bits per heavy atom. The van der Waals surface area contributed by atoms with Crippen molar-refractivity contribution in [3.8, 4) is 0 Å². The zero-order valence-corrected chi connectivity index (χ0v) is 10.6. The number of rotatable bonds is 2. The summed E-state index contributed by atoms with van der Waals surface area (Å²) in [5.74, 6) is 1.92. The van der Waals surface area contributed by atoms with Crippen LogP contribution in [-0.2, 0) is 0 Å². The number of nitrogen functional groups attached to an aromatic ring is 1. The molecule has 3 rings (SSSR count). The highest BCUT2D eigenvalue weighted by Gasteiger charge is 2.24. The van der Waals surface area contributed by atoms with Crippen molar-refractivity contribution < 1.29 is 0 Å². The third kappa shape index (κ3) is 2.21. The molecule has 0 bridgehead atoms. The van der Waals surface area contributed by atoms with E-state index >= 15 is 0 Å². The number of hydrogen-bond acceptors (Lipinski definition) is 5. The maximum absolute atomic E-state index is 11.7. The molecule has 0 saturated heterocycles. The second kappa shape index (κ2) is 4.65. The van der Waals surface area contributed by atoms with Gasteiger partial charge in [0, 0.05) is 5.92 Å². The molecule has 1 aliphatic rings. The summed E-state index contributed by atoms with van der Waals surface area (Å²) in [6, 6.07) is 0. The monoisotopic (exact) mass is 262 g/mol. The van der Waals surface area contributed by atoms with Crippen LogP contribution in [0.25, 0.3) is 11.2 Å². The van der Waals surface area contributed by atoms with Crippen LogP contribution in [0.4, 0.5) is 5.95 Å². The van der Waals surface area contributed by atoms with Crippen molar-refractivity contribution in [1.29, 1.82) is 0 Å². The van der Waals surface area contributed by atoms with E-state index in [2.05, 4.69) is 19.9 Å².